The Bertz CT molecular complexity index is 725. The quantitative estimate of drug-likeness (QED) is 0.635. The molecule has 1 aliphatic heterocycles. The van der Waals surface area contributed by atoms with E-state index < -0.39 is 0 Å². The molecule has 0 atom stereocenters. The van der Waals surface area contributed by atoms with E-state index in [0.717, 1.165) is 43.2 Å². The topological polar surface area (TPSA) is 71.7 Å². The number of nitro groups is 1. The van der Waals surface area contributed by atoms with Gasteiger partial charge in [0.15, 0.2) is 0 Å². The maximum absolute atomic E-state index is 10.7. The van der Waals surface area contributed by atoms with Gasteiger partial charge < -0.3 is 14.5 Å². The summed E-state index contributed by atoms with van der Waals surface area (Å²) in [7, 11) is 1.62. The van der Waals surface area contributed by atoms with Crippen LogP contribution in [0.2, 0.25) is 0 Å². The van der Waals surface area contributed by atoms with Crippen LogP contribution in [0.1, 0.15) is 5.56 Å². The average Bonchev–Trinajstić information content (AvgIpc) is 2.61. The first-order chi connectivity index (χ1) is 11.6. The van der Waals surface area contributed by atoms with Crippen LogP contribution < -0.4 is 14.5 Å². The molecule has 2 heterocycles. The van der Waals surface area contributed by atoms with Gasteiger partial charge in [-0.3, -0.25) is 10.1 Å². The van der Waals surface area contributed by atoms with E-state index in [9.17, 15) is 10.1 Å². The van der Waals surface area contributed by atoms with Gasteiger partial charge in [0.05, 0.1) is 12.0 Å². The zero-order valence-electron chi connectivity index (χ0n) is 13.8. The van der Waals surface area contributed by atoms with Crippen LogP contribution in [-0.2, 0) is 0 Å². The highest BCUT2D eigenvalue weighted by Gasteiger charge is 2.19. The van der Waals surface area contributed by atoms with Gasteiger partial charge in [0, 0.05) is 50.1 Å². The molecule has 0 bridgehead atoms. The monoisotopic (exact) mass is 328 g/mol. The smallest absolute Gasteiger partial charge is 0.269 e. The van der Waals surface area contributed by atoms with Crippen molar-refractivity contribution in [3.05, 3.63) is 52.1 Å². The third-order valence-electron chi connectivity index (χ3n) is 4.17. The molecule has 1 aromatic heterocycles. The minimum Gasteiger partial charge on any atom is -0.481 e. The SMILES string of the molecule is COc1cc(C)cc(N2CCN(c3ccc([N+](=O)[O-])cc3)CC2)n1. The first kappa shape index (κ1) is 16.0. The number of aryl methyl sites for hydroxylation is 1. The lowest BCUT2D eigenvalue weighted by molar-refractivity contribution is -0.384. The van der Waals surface area contributed by atoms with Gasteiger partial charge in [-0.2, -0.15) is 4.98 Å². The molecular formula is C17H20N4O3. The highest BCUT2D eigenvalue weighted by atomic mass is 16.6. The largest absolute Gasteiger partial charge is 0.481 e. The molecule has 0 amide bonds. The molecule has 0 saturated carbocycles. The predicted molar refractivity (Wildman–Crippen MR) is 93.0 cm³/mol. The lowest BCUT2D eigenvalue weighted by atomic mass is 10.2. The van der Waals surface area contributed by atoms with Gasteiger partial charge in [0.25, 0.3) is 5.69 Å². The normalized spacial score (nSPS) is 14.6. The molecule has 1 aliphatic rings. The first-order valence-corrected chi connectivity index (χ1v) is 7.84. The van der Waals surface area contributed by atoms with Gasteiger partial charge in [0.2, 0.25) is 5.88 Å². The molecule has 0 unspecified atom stereocenters. The fourth-order valence-corrected chi connectivity index (χ4v) is 2.86. The summed E-state index contributed by atoms with van der Waals surface area (Å²) >= 11 is 0. The van der Waals surface area contributed by atoms with Crippen LogP contribution in [0.5, 0.6) is 5.88 Å². The second kappa shape index (κ2) is 6.74. The molecule has 0 spiro atoms. The Labute approximate surface area is 140 Å². The van der Waals surface area contributed by atoms with Crippen molar-refractivity contribution in [2.75, 3.05) is 43.1 Å². The van der Waals surface area contributed by atoms with E-state index in [1.165, 1.54) is 0 Å². The first-order valence-electron chi connectivity index (χ1n) is 7.84. The Morgan fingerprint density at radius 3 is 2.29 bits per heavy atom. The molecule has 1 fully saturated rings. The molecule has 2 aromatic rings. The van der Waals surface area contributed by atoms with Gasteiger partial charge in [-0.25, -0.2) is 0 Å². The molecule has 3 rings (SSSR count). The fraction of sp³-hybridized carbons (Fsp3) is 0.353. The van der Waals surface area contributed by atoms with E-state index in [4.69, 9.17) is 4.74 Å². The Kier molecular flexibility index (Phi) is 4.50. The third-order valence-corrected chi connectivity index (χ3v) is 4.17. The standard InChI is InChI=1S/C17H20N4O3/c1-13-11-16(18-17(12-13)24-2)20-9-7-19(8-10-20)14-3-5-15(6-4-14)21(22)23/h3-6,11-12H,7-10H2,1-2H3. The van der Waals surface area contributed by atoms with E-state index in [0.29, 0.717) is 5.88 Å². The molecule has 1 saturated heterocycles. The lowest BCUT2D eigenvalue weighted by Crippen LogP contribution is -2.46. The van der Waals surface area contributed by atoms with Gasteiger partial charge in [-0.1, -0.05) is 0 Å². The van der Waals surface area contributed by atoms with E-state index in [-0.39, 0.29) is 10.6 Å². The number of hydrogen-bond acceptors (Lipinski definition) is 6. The Hall–Kier alpha value is -2.83. The maximum atomic E-state index is 10.7. The van der Waals surface area contributed by atoms with Crippen molar-refractivity contribution in [3.63, 3.8) is 0 Å². The second-order valence-corrected chi connectivity index (χ2v) is 5.79. The predicted octanol–water partition coefficient (Wildman–Crippen LogP) is 2.63. The van der Waals surface area contributed by atoms with Gasteiger partial charge in [-0.15, -0.1) is 0 Å². The van der Waals surface area contributed by atoms with Gasteiger partial charge in [0.1, 0.15) is 5.82 Å². The summed E-state index contributed by atoms with van der Waals surface area (Å²) in [6.45, 7) is 5.40. The molecule has 7 nitrogen and oxygen atoms in total. The number of ether oxygens (including phenoxy) is 1. The van der Waals surface area contributed by atoms with Crippen molar-refractivity contribution in [2.24, 2.45) is 0 Å². The molecule has 0 radical (unpaired) electrons. The number of piperazine rings is 1. The zero-order valence-corrected chi connectivity index (χ0v) is 13.8. The fourth-order valence-electron chi connectivity index (χ4n) is 2.86. The molecule has 24 heavy (non-hydrogen) atoms. The minimum atomic E-state index is -0.376. The Balaban J connectivity index is 1.67. The van der Waals surface area contributed by atoms with Crippen molar-refractivity contribution in [1.29, 1.82) is 0 Å². The van der Waals surface area contributed by atoms with E-state index in [1.54, 1.807) is 19.2 Å². The summed E-state index contributed by atoms with van der Waals surface area (Å²) in [5.74, 6) is 1.55. The van der Waals surface area contributed by atoms with Crippen LogP contribution in [0.25, 0.3) is 0 Å². The van der Waals surface area contributed by atoms with Crippen molar-refractivity contribution >= 4 is 17.2 Å². The lowest BCUT2D eigenvalue weighted by Gasteiger charge is -2.36. The van der Waals surface area contributed by atoms with Crippen LogP contribution in [0, 0.1) is 17.0 Å². The van der Waals surface area contributed by atoms with Crippen molar-refractivity contribution in [3.8, 4) is 5.88 Å². The number of aromatic nitrogens is 1. The number of nitro benzene ring substituents is 1. The Morgan fingerprint density at radius 1 is 1.08 bits per heavy atom. The number of methoxy groups -OCH3 is 1. The summed E-state index contributed by atoms with van der Waals surface area (Å²) in [5, 5.41) is 10.7. The number of hydrogen-bond donors (Lipinski definition) is 0. The van der Waals surface area contributed by atoms with Crippen LogP contribution in [-0.4, -0.2) is 43.2 Å². The molecule has 1 aromatic carbocycles. The molecule has 7 heteroatoms. The number of non-ortho nitro benzene ring substituents is 1. The Morgan fingerprint density at radius 2 is 1.71 bits per heavy atom. The third kappa shape index (κ3) is 3.40. The van der Waals surface area contributed by atoms with Crippen LogP contribution in [0.15, 0.2) is 36.4 Å². The van der Waals surface area contributed by atoms with Crippen LogP contribution in [0.3, 0.4) is 0 Å². The summed E-state index contributed by atoms with van der Waals surface area (Å²) < 4.78 is 5.24. The molecule has 126 valence electrons. The second-order valence-electron chi connectivity index (χ2n) is 5.79. The van der Waals surface area contributed by atoms with Crippen molar-refractivity contribution in [2.45, 2.75) is 6.92 Å². The summed E-state index contributed by atoms with van der Waals surface area (Å²) in [4.78, 5) is 19.3. The summed E-state index contributed by atoms with van der Waals surface area (Å²) in [6.07, 6.45) is 0. The number of nitrogens with zero attached hydrogens (tertiary/aromatic N) is 4. The highest BCUT2D eigenvalue weighted by molar-refractivity contribution is 5.53. The van der Waals surface area contributed by atoms with Gasteiger partial charge >= 0.3 is 0 Å². The summed E-state index contributed by atoms with van der Waals surface area (Å²) in [5.41, 5.74) is 2.25. The molecule has 0 aliphatic carbocycles. The van der Waals surface area contributed by atoms with Crippen molar-refractivity contribution < 1.29 is 9.66 Å². The molecule has 0 N–H and O–H groups in total. The van der Waals surface area contributed by atoms with E-state index in [1.807, 2.05) is 25.1 Å². The highest BCUT2D eigenvalue weighted by Crippen LogP contribution is 2.24. The van der Waals surface area contributed by atoms with E-state index in [2.05, 4.69) is 20.9 Å². The minimum absolute atomic E-state index is 0.119. The van der Waals surface area contributed by atoms with Crippen LogP contribution in [0.4, 0.5) is 17.2 Å². The number of pyridine rings is 1. The van der Waals surface area contributed by atoms with E-state index >= 15 is 0 Å². The number of rotatable bonds is 4. The molecular weight excluding hydrogens is 308 g/mol. The maximum Gasteiger partial charge on any atom is 0.269 e. The van der Waals surface area contributed by atoms with Crippen LogP contribution >= 0.6 is 0 Å². The van der Waals surface area contributed by atoms with Gasteiger partial charge in [-0.05, 0) is 30.7 Å². The summed E-state index contributed by atoms with van der Waals surface area (Å²) in [6, 6.07) is 10.7. The average molecular weight is 328 g/mol. The van der Waals surface area contributed by atoms with Crippen molar-refractivity contribution in [1.82, 2.24) is 4.98 Å². The zero-order chi connectivity index (χ0) is 17.1. The number of benzene rings is 1. The number of anilines is 2.